The molecule has 1 N–H and O–H groups in total. The number of halogens is 1. The highest BCUT2D eigenvalue weighted by Gasteiger charge is 2.32. The Morgan fingerprint density at radius 1 is 1.43 bits per heavy atom. The van der Waals surface area contributed by atoms with E-state index in [9.17, 15) is 8.42 Å². The number of nitrogens with zero attached hydrogens (tertiary/aromatic N) is 1. The number of ether oxygens (including phenoxy) is 1. The van der Waals surface area contributed by atoms with E-state index in [4.69, 9.17) is 9.15 Å². The largest absolute Gasteiger partial charge is 0.452 e. The van der Waals surface area contributed by atoms with Crippen LogP contribution in [0.3, 0.4) is 0 Å². The molecule has 0 aromatic carbocycles. The summed E-state index contributed by atoms with van der Waals surface area (Å²) in [6.07, 6.45) is 1.44. The summed E-state index contributed by atoms with van der Waals surface area (Å²) in [5.74, 6) is 0.600. The molecule has 1 aromatic heterocycles. The van der Waals surface area contributed by atoms with E-state index in [0.29, 0.717) is 25.5 Å². The van der Waals surface area contributed by atoms with Crippen molar-refractivity contribution in [2.45, 2.75) is 37.2 Å². The number of furan rings is 1. The van der Waals surface area contributed by atoms with E-state index in [1.165, 1.54) is 4.31 Å². The summed E-state index contributed by atoms with van der Waals surface area (Å²) in [7, 11) is -1.94. The Kier molecular flexibility index (Phi) is 5.84. The highest BCUT2D eigenvalue weighted by Crippen LogP contribution is 2.30. The standard InChI is InChI=1S/C13H21BrN2O4S/c1-3-15-9-11-8-12(13(14)20-11)21(17,18)16(2)10-4-6-19-7-5-10/h8,10,15H,3-7,9H2,1-2H3. The molecule has 2 rings (SSSR count). The highest BCUT2D eigenvalue weighted by molar-refractivity contribution is 9.10. The minimum absolute atomic E-state index is 0.0252. The molecule has 0 unspecified atom stereocenters. The highest BCUT2D eigenvalue weighted by atomic mass is 79.9. The van der Waals surface area contributed by atoms with Crippen molar-refractivity contribution in [1.29, 1.82) is 0 Å². The fraction of sp³-hybridized carbons (Fsp3) is 0.692. The Morgan fingerprint density at radius 2 is 2.10 bits per heavy atom. The zero-order valence-corrected chi connectivity index (χ0v) is 14.7. The summed E-state index contributed by atoms with van der Waals surface area (Å²) in [5, 5.41) is 3.11. The fourth-order valence-electron chi connectivity index (χ4n) is 2.31. The zero-order valence-electron chi connectivity index (χ0n) is 12.3. The Balaban J connectivity index is 2.19. The van der Waals surface area contributed by atoms with Crippen LogP contribution in [0.25, 0.3) is 0 Å². The van der Waals surface area contributed by atoms with E-state index >= 15 is 0 Å². The van der Waals surface area contributed by atoms with Gasteiger partial charge in [0, 0.05) is 32.4 Å². The summed E-state index contributed by atoms with van der Waals surface area (Å²) in [6.45, 7) is 4.48. The first-order valence-corrected chi connectivity index (χ1v) is 9.24. The van der Waals surface area contributed by atoms with E-state index in [2.05, 4.69) is 21.2 Å². The summed E-state index contributed by atoms with van der Waals surface area (Å²) >= 11 is 3.21. The molecule has 0 aliphatic carbocycles. The molecule has 0 spiro atoms. The van der Waals surface area contributed by atoms with Crippen LogP contribution < -0.4 is 5.32 Å². The monoisotopic (exact) mass is 380 g/mol. The van der Waals surface area contributed by atoms with Gasteiger partial charge in [-0.3, -0.25) is 0 Å². The van der Waals surface area contributed by atoms with Crippen LogP contribution in [0.5, 0.6) is 0 Å². The van der Waals surface area contributed by atoms with E-state index in [-0.39, 0.29) is 15.6 Å². The molecule has 8 heteroatoms. The first-order chi connectivity index (χ1) is 9.96. The second-order valence-electron chi connectivity index (χ2n) is 5.00. The minimum Gasteiger partial charge on any atom is -0.452 e. The third-order valence-corrected chi connectivity index (χ3v) is 6.38. The molecule has 6 nitrogen and oxygen atoms in total. The molecule has 0 bridgehead atoms. The topological polar surface area (TPSA) is 71.8 Å². The molecule has 1 aliphatic rings. The number of sulfonamides is 1. The van der Waals surface area contributed by atoms with Crippen LogP contribution in [0.2, 0.25) is 0 Å². The van der Waals surface area contributed by atoms with E-state index in [1.807, 2.05) is 6.92 Å². The average Bonchev–Trinajstić information content (AvgIpc) is 2.87. The second-order valence-corrected chi connectivity index (χ2v) is 7.68. The molecule has 1 saturated heterocycles. The fourth-order valence-corrected chi connectivity index (χ4v) is 4.68. The number of hydrogen-bond donors (Lipinski definition) is 1. The lowest BCUT2D eigenvalue weighted by atomic mass is 10.1. The van der Waals surface area contributed by atoms with Gasteiger partial charge in [-0.2, -0.15) is 4.31 Å². The first kappa shape index (κ1) is 17.0. The van der Waals surface area contributed by atoms with Gasteiger partial charge in [0.25, 0.3) is 0 Å². The van der Waals surface area contributed by atoms with Gasteiger partial charge >= 0.3 is 0 Å². The third kappa shape index (κ3) is 3.87. The second kappa shape index (κ2) is 7.23. The number of hydrogen-bond acceptors (Lipinski definition) is 5. The number of nitrogens with one attached hydrogen (secondary N) is 1. The lowest BCUT2D eigenvalue weighted by molar-refractivity contribution is 0.0632. The summed E-state index contributed by atoms with van der Waals surface area (Å²) in [6, 6.07) is 1.56. The van der Waals surface area contributed by atoms with Crippen molar-refractivity contribution in [3.63, 3.8) is 0 Å². The van der Waals surface area contributed by atoms with Crippen molar-refractivity contribution in [2.75, 3.05) is 26.8 Å². The molecule has 120 valence electrons. The summed E-state index contributed by atoms with van der Waals surface area (Å²) in [5.41, 5.74) is 0. The van der Waals surface area contributed by atoms with Gasteiger partial charge in [0.15, 0.2) is 4.67 Å². The van der Waals surface area contributed by atoms with Crippen LogP contribution in [0.4, 0.5) is 0 Å². The third-order valence-electron chi connectivity index (χ3n) is 3.62. The molecular weight excluding hydrogens is 360 g/mol. The average molecular weight is 381 g/mol. The predicted octanol–water partition coefficient (Wildman–Crippen LogP) is 1.95. The van der Waals surface area contributed by atoms with Gasteiger partial charge in [-0.1, -0.05) is 6.92 Å². The smallest absolute Gasteiger partial charge is 0.247 e. The van der Waals surface area contributed by atoms with Gasteiger partial charge in [0.05, 0.1) is 6.54 Å². The van der Waals surface area contributed by atoms with Crippen LogP contribution in [0.1, 0.15) is 25.5 Å². The predicted molar refractivity (Wildman–Crippen MR) is 82.6 cm³/mol. The van der Waals surface area contributed by atoms with Crippen molar-refractivity contribution in [3.05, 3.63) is 16.5 Å². The van der Waals surface area contributed by atoms with Crippen molar-refractivity contribution < 1.29 is 17.6 Å². The molecule has 1 aliphatic heterocycles. The van der Waals surface area contributed by atoms with Crippen molar-refractivity contribution in [3.8, 4) is 0 Å². The van der Waals surface area contributed by atoms with Crippen LogP contribution in [0, 0.1) is 0 Å². The van der Waals surface area contributed by atoms with Gasteiger partial charge in [-0.25, -0.2) is 8.42 Å². The zero-order chi connectivity index (χ0) is 15.5. The lowest BCUT2D eigenvalue weighted by Crippen LogP contribution is -2.40. The van der Waals surface area contributed by atoms with Crippen molar-refractivity contribution in [2.24, 2.45) is 0 Å². The van der Waals surface area contributed by atoms with Crippen LogP contribution in [-0.2, 0) is 21.3 Å². The Labute approximate surface area is 134 Å². The lowest BCUT2D eigenvalue weighted by Gasteiger charge is -2.30. The Morgan fingerprint density at radius 3 is 2.71 bits per heavy atom. The van der Waals surface area contributed by atoms with Crippen molar-refractivity contribution >= 4 is 26.0 Å². The molecular formula is C13H21BrN2O4S. The first-order valence-electron chi connectivity index (χ1n) is 7.01. The molecule has 21 heavy (non-hydrogen) atoms. The van der Waals surface area contributed by atoms with Crippen molar-refractivity contribution in [1.82, 2.24) is 9.62 Å². The summed E-state index contributed by atoms with van der Waals surface area (Å²) < 4.78 is 37.9. The van der Waals surface area contributed by atoms with Crippen LogP contribution in [-0.4, -0.2) is 45.6 Å². The van der Waals surface area contributed by atoms with E-state index in [0.717, 1.165) is 19.4 Å². The quantitative estimate of drug-likeness (QED) is 0.816. The minimum atomic E-state index is -3.56. The van der Waals surface area contributed by atoms with Gasteiger partial charge in [-0.15, -0.1) is 0 Å². The normalized spacial score (nSPS) is 17.5. The number of rotatable bonds is 6. The molecule has 0 saturated carbocycles. The molecule has 0 atom stereocenters. The van der Waals surface area contributed by atoms with Gasteiger partial charge in [0.1, 0.15) is 10.7 Å². The van der Waals surface area contributed by atoms with Gasteiger partial charge in [0.2, 0.25) is 10.0 Å². The van der Waals surface area contributed by atoms with Crippen LogP contribution >= 0.6 is 15.9 Å². The molecule has 0 amide bonds. The maximum Gasteiger partial charge on any atom is 0.247 e. The maximum absolute atomic E-state index is 12.7. The van der Waals surface area contributed by atoms with Gasteiger partial charge < -0.3 is 14.5 Å². The SMILES string of the molecule is CCNCc1cc(S(=O)(=O)N(C)C2CCOCC2)c(Br)o1. The summed E-state index contributed by atoms with van der Waals surface area (Å²) in [4.78, 5) is 0.185. The molecule has 2 heterocycles. The maximum atomic E-state index is 12.7. The van der Waals surface area contributed by atoms with E-state index in [1.54, 1.807) is 13.1 Å². The van der Waals surface area contributed by atoms with Gasteiger partial charge in [-0.05, 0) is 35.3 Å². The molecule has 1 fully saturated rings. The van der Waals surface area contributed by atoms with E-state index < -0.39 is 10.0 Å². The Bertz CT molecular complexity index is 567. The molecule has 0 radical (unpaired) electrons. The molecule has 1 aromatic rings. The Hall–Kier alpha value is -0.410. The van der Waals surface area contributed by atoms with Crippen LogP contribution in [0.15, 0.2) is 20.0 Å².